The minimum Gasteiger partial charge on any atom is -0.507 e. The smallest absolute Gasteiger partial charge is 0.124 e. The Labute approximate surface area is 132 Å². The molecule has 1 aliphatic rings. The number of phenolic OH excluding ortho intramolecular Hbond substituents is 1. The molecule has 1 nitrogen and oxygen atoms in total. The van der Waals surface area contributed by atoms with Gasteiger partial charge in [-0.05, 0) is 61.1 Å². The van der Waals surface area contributed by atoms with E-state index in [0.29, 0.717) is 5.75 Å². The van der Waals surface area contributed by atoms with Crippen molar-refractivity contribution in [1.82, 2.24) is 0 Å². The second-order valence-electron chi connectivity index (χ2n) is 6.35. The third-order valence-corrected chi connectivity index (χ3v) is 5.23. The zero-order valence-corrected chi connectivity index (χ0v) is 12.3. The van der Waals surface area contributed by atoms with E-state index in [1.54, 1.807) is 6.07 Å². The Kier molecular flexibility index (Phi) is 1.82. The van der Waals surface area contributed by atoms with Gasteiger partial charge in [0.05, 0.1) is 0 Å². The Morgan fingerprint density at radius 3 is 2.17 bits per heavy atom. The number of phenols is 1. The van der Waals surface area contributed by atoms with Crippen molar-refractivity contribution in [1.29, 1.82) is 0 Å². The summed E-state index contributed by atoms with van der Waals surface area (Å²) >= 11 is 0. The minimum absolute atomic E-state index is 0.365. The van der Waals surface area contributed by atoms with Crippen LogP contribution >= 0.6 is 0 Å². The molecule has 23 heavy (non-hydrogen) atoms. The molecular weight excluding hydrogens is 280 g/mol. The van der Waals surface area contributed by atoms with Crippen LogP contribution in [-0.4, -0.2) is 5.11 Å². The Balaban J connectivity index is 2.01. The maximum Gasteiger partial charge on any atom is 0.124 e. The van der Waals surface area contributed by atoms with Crippen LogP contribution in [0, 0.1) is 0 Å². The maximum atomic E-state index is 10.4. The van der Waals surface area contributed by atoms with Crippen molar-refractivity contribution in [3.05, 3.63) is 66.7 Å². The van der Waals surface area contributed by atoms with Crippen molar-refractivity contribution in [3.8, 4) is 28.0 Å². The van der Waals surface area contributed by atoms with E-state index in [1.807, 2.05) is 6.07 Å². The monoisotopic (exact) mass is 292 g/mol. The standard InChI is InChI=1S/C22H12O/c23-18-6-2-5-15-17-11-14-4-1-3-12-7-8-13-9-10-16(21(15)18)22(17)20(13)19(12)14/h1-11,23H. The van der Waals surface area contributed by atoms with Crippen LogP contribution in [0.15, 0.2) is 66.7 Å². The van der Waals surface area contributed by atoms with Crippen molar-refractivity contribution >= 4 is 32.3 Å². The van der Waals surface area contributed by atoms with Gasteiger partial charge in [0.2, 0.25) is 0 Å². The van der Waals surface area contributed by atoms with Crippen molar-refractivity contribution < 1.29 is 5.11 Å². The number of rotatable bonds is 0. The topological polar surface area (TPSA) is 20.2 Å². The molecule has 106 valence electrons. The van der Waals surface area contributed by atoms with E-state index in [4.69, 9.17) is 0 Å². The lowest BCUT2D eigenvalue weighted by atomic mass is 9.91. The van der Waals surface area contributed by atoms with E-state index in [9.17, 15) is 5.11 Å². The number of hydrogen-bond donors (Lipinski definition) is 1. The normalized spacial score (nSPS) is 12.5. The predicted molar refractivity (Wildman–Crippen MR) is 96.2 cm³/mol. The molecule has 0 heterocycles. The summed E-state index contributed by atoms with van der Waals surface area (Å²) in [6.45, 7) is 0. The fourth-order valence-corrected chi connectivity index (χ4v) is 4.32. The van der Waals surface area contributed by atoms with Gasteiger partial charge in [0.15, 0.2) is 0 Å². The lowest BCUT2D eigenvalue weighted by Gasteiger charge is -2.12. The Hall–Kier alpha value is -3.06. The molecule has 0 aliphatic heterocycles. The first-order chi connectivity index (χ1) is 11.3. The highest BCUT2D eigenvalue weighted by Gasteiger charge is 2.26. The van der Waals surface area contributed by atoms with Gasteiger partial charge in [-0.15, -0.1) is 0 Å². The number of aromatic hydroxyl groups is 1. The first-order valence-electron chi connectivity index (χ1n) is 7.86. The first-order valence-corrected chi connectivity index (χ1v) is 7.86. The van der Waals surface area contributed by atoms with Crippen molar-refractivity contribution in [2.75, 3.05) is 0 Å². The van der Waals surface area contributed by atoms with Gasteiger partial charge in [-0.25, -0.2) is 0 Å². The highest BCUT2D eigenvalue weighted by molar-refractivity contribution is 6.32. The van der Waals surface area contributed by atoms with Gasteiger partial charge in [0.25, 0.3) is 0 Å². The van der Waals surface area contributed by atoms with Gasteiger partial charge >= 0.3 is 0 Å². The highest BCUT2D eigenvalue weighted by atomic mass is 16.3. The summed E-state index contributed by atoms with van der Waals surface area (Å²) in [6.07, 6.45) is 0. The second kappa shape index (κ2) is 3.64. The first kappa shape index (κ1) is 11.5. The fraction of sp³-hybridized carbons (Fsp3) is 0. The molecule has 6 rings (SSSR count). The molecule has 0 fully saturated rings. The Bertz CT molecular complexity index is 1260. The van der Waals surface area contributed by atoms with Gasteiger partial charge in [0.1, 0.15) is 5.75 Å². The quantitative estimate of drug-likeness (QED) is 0.344. The van der Waals surface area contributed by atoms with Gasteiger partial charge in [0, 0.05) is 5.56 Å². The molecule has 0 saturated carbocycles. The van der Waals surface area contributed by atoms with E-state index < -0.39 is 0 Å². The van der Waals surface area contributed by atoms with Crippen LogP contribution in [0.2, 0.25) is 0 Å². The Morgan fingerprint density at radius 1 is 0.522 bits per heavy atom. The third-order valence-electron chi connectivity index (χ3n) is 5.23. The average Bonchev–Trinajstić information content (AvgIpc) is 2.91. The molecule has 1 aliphatic carbocycles. The zero-order chi connectivity index (χ0) is 15.1. The number of fused-ring (bicyclic) bond motifs is 3. The van der Waals surface area contributed by atoms with Crippen LogP contribution in [0.25, 0.3) is 54.6 Å². The van der Waals surface area contributed by atoms with E-state index in [-0.39, 0.29) is 0 Å². The highest BCUT2D eigenvalue weighted by Crippen LogP contribution is 2.53. The third kappa shape index (κ3) is 1.21. The summed E-state index contributed by atoms with van der Waals surface area (Å²) in [5.74, 6) is 0.365. The summed E-state index contributed by atoms with van der Waals surface area (Å²) in [5, 5.41) is 18.2. The maximum absolute atomic E-state index is 10.4. The average molecular weight is 292 g/mol. The summed E-state index contributed by atoms with van der Waals surface area (Å²) in [5.41, 5.74) is 4.50. The molecule has 1 N–H and O–H groups in total. The van der Waals surface area contributed by atoms with Gasteiger partial charge in [-0.3, -0.25) is 0 Å². The Morgan fingerprint density at radius 2 is 1.26 bits per heavy atom. The summed E-state index contributed by atoms with van der Waals surface area (Å²) in [4.78, 5) is 0. The van der Waals surface area contributed by atoms with Crippen LogP contribution in [-0.2, 0) is 0 Å². The second-order valence-corrected chi connectivity index (χ2v) is 6.35. The molecule has 0 aromatic heterocycles. The molecule has 0 atom stereocenters. The van der Waals surface area contributed by atoms with Crippen LogP contribution in [0.4, 0.5) is 0 Å². The lowest BCUT2D eigenvalue weighted by molar-refractivity contribution is 0.478. The molecule has 0 spiro atoms. The van der Waals surface area contributed by atoms with E-state index in [2.05, 4.69) is 54.6 Å². The summed E-state index contributed by atoms with van der Waals surface area (Å²) in [6, 6.07) is 23.3. The molecule has 0 amide bonds. The summed E-state index contributed by atoms with van der Waals surface area (Å²) in [7, 11) is 0. The molecule has 0 bridgehead atoms. The van der Waals surface area contributed by atoms with Gasteiger partial charge < -0.3 is 5.11 Å². The molecule has 5 aromatic rings. The number of hydrogen-bond acceptors (Lipinski definition) is 1. The molecule has 1 heteroatoms. The van der Waals surface area contributed by atoms with Crippen LogP contribution in [0.5, 0.6) is 5.75 Å². The minimum atomic E-state index is 0.365. The predicted octanol–water partition coefficient (Wildman–Crippen LogP) is 5.94. The largest absolute Gasteiger partial charge is 0.507 e. The molecule has 0 saturated heterocycles. The summed E-state index contributed by atoms with van der Waals surface area (Å²) < 4.78 is 0. The van der Waals surface area contributed by atoms with Crippen molar-refractivity contribution in [3.63, 3.8) is 0 Å². The van der Waals surface area contributed by atoms with E-state index in [1.165, 1.54) is 37.9 Å². The molecule has 5 aromatic carbocycles. The fourth-order valence-electron chi connectivity index (χ4n) is 4.32. The molecule has 0 unspecified atom stereocenters. The molecular formula is C22H12O. The van der Waals surface area contributed by atoms with E-state index >= 15 is 0 Å². The van der Waals surface area contributed by atoms with E-state index in [0.717, 1.165) is 16.7 Å². The molecule has 0 radical (unpaired) electrons. The number of benzene rings is 5. The SMILES string of the molecule is Oc1cccc2c1-c1ccc3ccc4cccc5cc-2c1c3c45. The van der Waals surface area contributed by atoms with Crippen molar-refractivity contribution in [2.24, 2.45) is 0 Å². The van der Waals surface area contributed by atoms with Gasteiger partial charge in [-0.1, -0.05) is 54.6 Å². The lowest BCUT2D eigenvalue weighted by Crippen LogP contribution is -1.85. The van der Waals surface area contributed by atoms with Crippen LogP contribution < -0.4 is 0 Å². The van der Waals surface area contributed by atoms with Crippen LogP contribution in [0.1, 0.15) is 0 Å². The van der Waals surface area contributed by atoms with Crippen molar-refractivity contribution in [2.45, 2.75) is 0 Å². The zero-order valence-electron chi connectivity index (χ0n) is 12.3. The van der Waals surface area contributed by atoms with Crippen LogP contribution in [0.3, 0.4) is 0 Å². The van der Waals surface area contributed by atoms with Gasteiger partial charge in [-0.2, -0.15) is 0 Å².